The molecule has 0 aliphatic heterocycles. The predicted octanol–water partition coefficient (Wildman–Crippen LogP) is 4.75. The summed E-state index contributed by atoms with van der Waals surface area (Å²) in [6, 6.07) is 22.9. The van der Waals surface area contributed by atoms with Crippen LogP contribution < -0.4 is 9.62 Å². The fourth-order valence-corrected chi connectivity index (χ4v) is 5.22. The van der Waals surface area contributed by atoms with Gasteiger partial charge in [0.1, 0.15) is 6.54 Å². The van der Waals surface area contributed by atoms with Crippen molar-refractivity contribution in [2.24, 2.45) is 0 Å². The number of amides is 1. The summed E-state index contributed by atoms with van der Waals surface area (Å²) in [7, 11) is -3.95. The van der Waals surface area contributed by atoms with Crippen molar-refractivity contribution in [1.82, 2.24) is 5.32 Å². The van der Waals surface area contributed by atoms with Gasteiger partial charge >= 0.3 is 0 Å². The van der Waals surface area contributed by atoms with E-state index in [-0.39, 0.29) is 17.3 Å². The van der Waals surface area contributed by atoms with E-state index in [9.17, 15) is 13.2 Å². The maximum atomic E-state index is 13.3. The molecule has 0 aliphatic carbocycles. The van der Waals surface area contributed by atoms with Crippen LogP contribution in [0.15, 0.2) is 88.7 Å². The molecule has 8 heteroatoms. The van der Waals surface area contributed by atoms with E-state index in [4.69, 9.17) is 11.6 Å². The van der Waals surface area contributed by atoms with Crippen LogP contribution in [0.25, 0.3) is 0 Å². The van der Waals surface area contributed by atoms with Gasteiger partial charge in [-0.2, -0.15) is 0 Å². The number of aryl methyl sites for hydroxylation is 1. The lowest BCUT2D eigenvalue weighted by Crippen LogP contribution is -2.41. The fourth-order valence-electron chi connectivity index (χ4n) is 2.89. The zero-order chi connectivity index (χ0) is 22.3. The Kier molecular flexibility index (Phi) is 8.01. The highest BCUT2D eigenvalue weighted by molar-refractivity contribution is 7.99. The normalized spacial score (nSPS) is 11.2. The van der Waals surface area contributed by atoms with Gasteiger partial charge in [-0.25, -0.2) is 8.42 Å². The van der Waals surface area contributed by atoms with Gasteiger partial charge in [0.25, 0.3) is 10.0 Å². The summed E-state index contributed by atoms with van der Waals surface area (Å²) in [5.74, 6) is 0.317. The molecular weight excluding hydrogens is 452 g/mol. The molecule has 0 heterocycles. The molecule has 1 N–H and O–H groups in total. The highest BCUT2D eigenvalue weighted by Crippen LogP contribution is 2.25. The van der Waals surface area contributed by atoms with Crippen molar-refractivity contribution in [2.75, 3.05) is 23.1 Å². The minimum absolute atomic E-state index is 0.0749. The van der Waals surface area contributed by atoms with Crippen LogP contribution in [0, 0.1) is 6.92 Å². The molecule has 162 valence electrons. The molecule has 3 aromatic carbocycles. The lowest BCUT2D eigenvalue weighted by Gasteiger charge is -2.24. The standard InChI is InChI=1S/C23H23ClN2O3S2/c1-18-6-5-7-20(16-18)26(31(28,29)22-12-10-19(24)11-13-22)17-23(27)25-14-15-30-21-8-3-2-4-9-21/h2-13,16H,14-15,17H2,1H3,(H,25,27). The van der Waals surface area contributed by atoms with Gasteiger partial charge < -0.3 is 5.32 Å². The summed E-state index contributed by atoms with van der Waals surface area (Å²) in [6.07, 6.45) is 0. The molecule has 0 saturated carbocycles. The molecule has 0 bridgehead atoms. The van der Waals surface area contributed by atoms with Crippen LogP contribution in [-0.2, 0) is 14.8 Å². The number of nitrogens with one attached hydrogen (secondary N) is 1. The highest BCUT2D eigenvalue weighted by atomic mass is 35.5. The molecule has 0 unspecified atom stereocenters. The Labute approximate surface area is 192 Å². The minimum Gasteiger partial charge on any atom is -0.354 e. The molecule has 0 radical (unpaired) electrons. The average Bonchev–Trinajstić information content (AvgIpc) is 2.76. The van der Waals surface area contributed by atoms with Crippen LogP contribution >= 0.6 is 23.4 Å². The highest BCUT2D eigenvalue weighted by Gasteiger charge is 2.27. The molecule has 0 aromatic heterocycles. The lowest BCUT2D eigenvalue weighted by atomic mass is 10.2. The maximum absolute atomic E-state index is 13.3. The first kappa shape index (κ1) is 23.2. The Hall–Kier alpha value is -2.48. The smallest absolute Gasteiger partial charge is 0.264 e. The molecule has 3 aromatic rings. The zero-order valence-electron chi connectivity index (χ0n) is 17.0. The summed E-state index contributed by atoms with van der Waals surface area (Å²) in [5.41, 5.74) is 1.33. The SMILES string of the molecule is Cc1cccc(N(CC(=O)NCCSc2ccccc2)S(=O)(=O)c2ccc(Cl)cc2)c1. The van der Waals surface area contributed by atoms with Crippen molar-refractivity contribution in [3.05, 3.63) is 89.4 Å². The fraction of sp³-hybridized carbons (Fsp3) is 0.174. The number of hydrogen-bond acceptors (Lipinski definition) is 4. The third kappa shape index (κ3) is 6.50. The number of sulfonamides is 1. The van der Waals surface area contributed by atoms with E-state index in [1.165, 1.54) is 24.3 Å². The van der Waals surface area contributed by atoms with Gasteiger partial charge in [0.15, 0.2) is 0 Å². The number of hydrogen-bond donors (Lipinski definition) is 1. The van der Waals surface area contributed by atoms with Gasteiger partial charge in [-0.05, 0) is 61.0 Å². The van der Waals surface area contributed by atoms with Crippen molar-refractivity contribution in [3.63, 3.8) is 0 Å². The maximum Gasteiger partial charge on any atom is 0.264 e. The average molecular weight is 475 g/mol. The van der Waals surface area contributed by atoms with Crippen molar-refractivity contribution < 1.29 is 13.2 Å². The molecule has 3 rings (SSSR count). The second kappa shape index (κ2) is 10.7. The van der Waals surface area contributed by atoms with Crippen molar-refractivity contribution in [3.8, 4) is 0 Å². The van der Waals surface area contributed by atoms with E-state index in [0.717, 1.165) is 14.8 Å². The van der Waals surface area contributed by atoms with Crippen LogP contribution in [-0.4, -0.2) is 33.2 Å². The second-order valence-corrected chi connectivity index (χ2v) is 10.3. The topological polar surface area (TPSA) is 66.5 Å². The molecular formula is C23H23ClN2O3S2. The second-order valence-electron chi connectivity index (χ2n) is 6.82. The monoisotopic (exact) mass is 474 g/mol. The Morgan fingerprint density at radius 2 is 1.71 bits per heavy atom. The summed E-state index contributed by atoms with van der Waals surface area (Å²) in [5, 5.41) is 3.25. The predicted molar refractivity (Wildman–Crippen MR) is 127 cm³/mol. The first-order valence-electron chi connectivity index (χ1n) is 9.66. The number of anilines is 1. The van der Waals surface area contributed by atoms with E-state index in [1.807, 2.05) is 43.3 Å². The Bertz CT molecular complexity index is 1120. The summed E-state index contributed by atoms with van der Waals surface area (Å²) in [4.78, 5) is 13.8. The number of halogens is 1. The Balaban J connectivity index is 1.72. The van der Waals surface area contributed by atoms with Crippen molar-refractivity contribution in [2.45, 2.75) is 16.7 Å². The van der Waals surface area contributed by atoms with Gasteiger partial charge in [0.05, 0.1) is 10.6 Å². The quantitative estimate of drug-likeness (QED) is 0.359. The number of thioether (sulfide) groups is 1. The van der Waals surface area contributed by atoms with Crippen LogP contribution in [0.3, 0.4) is 0 Å². The third-order valence-electron chi connectivity index (χ3n) is 4.41. The van der Waals surface area contributed by atoms with Gasteiger partial charge in [-0.15, -0.1) is 11.8 Å². The molecule has 1 amide bonds. The minimum atomic E-state index is -3.95. The number of carbonyl (C=O) groups excluding carboxylic acids is 1. The zero-order valence-corrected chi connectivity index (χ0v) is 19.4. The van der Waals surface area contributed by atoms with E-state index in [1.54, 1.807) is 30.0 Å². The molecule has 0 saturated heterocycles. The van der Waals surface area contributed by atoms with Gasteiger partial charge in [0.2, 0.25) is 5.91 Å². The van der Waals surface area contributed by atoms with Gasteiger partial charge in [-0.1, -0.05) is 41.9 Å². The van der Waals surface area contributed by atoms with Crippen LogP contribution in [0.5, 0.6) is 0 Å². The molecule has 5 nitrogen and oxygen atoms in total. The lowest BCUT2D eigenvalue weighted by molar-refractivity contribution is -0.119. The molecule has 0 fully saturated rings. The number of carbonyl (C=O) groups is 1. The van der Waals surface area contributed by atoms with Gasteiger partial charge in [-0.3, -0.25) is 9.10 Å². The third-order valence-corrected chi connectivity index (χ3v) is 7.47. The van der Waals surface area contributed by atoms with Crippen molar-refractivity contribution in [1.29, 1.82) is 0 Å². The molecule has 31 heavy (non-hydrogen) atoms. The summed E-state index contributed by atoms with van der Waals surface area (Å²) < 4.78 is 27.7. The van der Waals surface area contributed by atoms with E-state index in [0.29, 0.717) is 23.0 Å². The van der Waals surface area contributed by atoms with Crippen molar-refractivity contribution >= 4 is 45.0 Å². The first-order valence-corrected chi connectivity index (χ1v) is 12.5. The van der Waals surface area contributed by atoms with Crippen LogP contribution in [0.4, 0.5) is 5.69 Å². The summed E-state index contributed by atoms with van der Waals surface area (Å²) in [6.45, 7) is 1.99. The first-order chi connectivity index (χ1) is 14.9. The molecule has 0 aliphatic rings. The number of nitrogens with zero attached hydrogens (tertiary/aromatic N) is 1. The van der Waals surface area contributed by atoms with E-state index >= 15 is 0 Å². The van der Waals surface area contributed by atoms with E-state index < -0.39 is 10.0 Å². The van der Waals surface area contributed by atoms with Crippen LogP contribution in [0.2, 0.25) is 5.02 Å². The summed E-state index contributed by atoms with van der Waals surface area (Å²) >= 11 is 7.53. The Morgan fingerprint density at radius 1 is 1.00 bits per heavy atom. The largest absolute Gasteiger partial charge is 0.354 e. The van der Waals surface area contributed by atoms with Crippen LogP contribution in [0.1, 0.15) is 5.56 Å². The van der Waals surface area contributed by atoms with E-state index in [2.05, 4.69) is 5.32 Å². The van der Waals surface area contributed by atoms with Gasteiger partial charge in [0, 0.05) is 22.2 Å². The number of rotatable bonds is 9. The molecule has 0 spiro atoms. The molecule has 0 atom stereocenters. The Morgan fingerprint density at radius 3 is 2.39 bits per heavy atom. The number of benzene rings is 3.